The molecule has 0 aliphatic carbocycles. The zero-order valence-corrected chi connectivity index (χ0v) is 12.7. The third kappa shape index (κ3) is 2.74. The van der Waals surface area contributed by atoms with Crippen LogP contribution in [-0.2, 0) is 0 Å². The fourth-order valence-electron chi connectivity index (χ4n) is 2.65. The Balaban J connectivity index is 1.90. The van der Waals surface area contributed by atoms with Crippen molar-refractivity contribution in [1.82, 2.24) is 15.1 Å². The molecule has 0 spiro atoms. The van der Waals surface area contributed by atoms with Crippen molar-refractivity contribution in [3.63, 3.8) is 0 Å². The fraction of sp³-hybridized carbons (Fsp3) is 0.400. The van der Waals surface area contributed by atoms with Crippen LogP contribution in [0.2, 0.25) is 0 Å². The predicted molar refractivity (Wildman–Crippen MR) is 81.2 cm³/mol. The number of rotatable bonds is 2. The smallest absolute Gasteiger partial charge is 0.0672 e. The van der Waals surface area contributed by atoms with Gasteiger partial charge in [-0.25, -0.2) is 0 Å². The summed E-state index contributed by atoms with van der Waals surface area (Å²) in [5.74, 6) is 0. The van der Waals surface area contributed by atoms with E-state index in [9.17, 15) is 0 Å². The van der Waals surface area contributed by atoms with Gasteiger partial charge in [-0.15, -0.1) is 0 Å². The van der Waals surface area contributed by atoms with E-state index in [2.05, 4.69) is 63.3 Å². The maximum Gasteiger partial charge on any atom is 0.0672 e. The highest BCUT2D eigenvalue weighted by Gasteiger charge is 2.17. The minimum Gasteiger partial charge on any atom is -0.317 e. The van der Waals surface area contributed by atoms with E-state index < -0.39 is 0 Å². The fourth-order valence-corrected chi connectivity index (χ4v) is 2.92. The Morgan fingerprint density at radius 3 is 2.58 bits per heavy atom. The van der Waals surface area contributed by atoms with E-state index in [0.717, 1.165) is 23.3 Å². The van der Waals surface area contributed by atoms with Crippen molar-refractivity contribution in [3.05, 3.63) is 40.6 Å². The number of benzene rings is 1. The van der Waals surface area contributed by atoms with Crippen LogP contribution in [0.3, 0.4) is 0 Å². The molecule has 1 saturated heterocycles. The molecule has 1 aliphatic rings. The van der Waals surface area contributed by atoms with Crippen LogP contribution in [0, 0.1) is 6.92 Å². The van der Waals surface area contributed by atoms with E-state index in [1.807, 2.05) is 0 Å². The van der Waals surface area contributed by atoms with Gasteiger partial charge in [0.1, 0.15) is 0 Å². The molecule has 1 aromatic carbocycles. The molecule has 0 bridgehead atoms. The molecule has 0 radical (unpaired) electrons. The highest BCUT2D eigenvalue weighted by Crippen LogP contribution is 2.27. The second-order valence-electron chi connectivity index (χ2n) is 5.10. The summed E-state index contributed by atoms with van der Waals surface area (Å²) in [4.78, 5) is 0. The topological polar surface area (TPSA) is 29.9 Å². The van der Waals surface area contributed by atoms with Gasteiger partial charge in [-0.3, -0.25) is 4.68 Å². The largest absolute Gasteiger partial charge is 0.317 e. The van der Waals surface area contributed by atoms with Crippen molar-refractivity contribution < 1.29 is 0 Å². The van der Waals surface area contributed by atoms with Crippen LogP contribution in [-0.4, -0.2) is 22.9 Å². The highest BCUT2D eigenvalue weighted by molar-refractivity contribution is 9.10. The van der Waals surface area contributed by atoms with E-state index in [1.54, 1.807) is 0 Å². The number of piperidine rings is 1. The first-order valence-electron chi connectivity index (χ1n) is 6.76. The SMILES string of the molecule is Cc1nn(C2CCNCC2)cc1-c1ccc(Br)cc1. The quantitative estimate of drug-likeness (QED) is 0.917. The molecular formula is C15H18BrN3. The number of nitrogens with zero attached hydrogens (tertiary/aromatic N) is 2. The average molecular weight is 320 g/mol. The first-order valence-corrected chi connectivity index (χ1v) is 7.56. The molecule has 1 N–H and O–H groups in total. The van der Waals surface area contributed by atoms with Crippen molar-refractivity contribution in [2.45, 2.75) is 25.8 Å². The molecule has 1 aromatic heterocycles. The third-order valence-electron chi connectivity index (χ3n) is 3.75. The van der Waals surface area contributed by atoms with Crippen LogP contribution in [0.25, 0.3) is 11.1 Å². The molecule has 1 fully saturated rings. The lowest BCUT2D eigenvalue weighted by molar-refractivity contribution is 0.342. The van der Waals surface area contributed by atoms with Crippen LogP contribution in [0.15, 0.2) is 34.9 Å². The summed E-state index contributed by atoms with van der Waals surface area (Å²) in [6.45, 7) is 4.28. The van der Waals surface area contributed by atoms with E-state index in [-0.39, 0.29) is 0 Å². The number of aryl methyl sites for hydroxylation is 1. The molecular weight excluding hydrogens is 302 g/mol. The molecule has 0 unspecified atom stereocenters. The van der Waals surface area contributed by atoms with Crippen LogP contribution in [0.5, 0.6) is 0 Å². The molecule has 4 heteroatoms. The molecule has 0 amide bonds. The first kappa shape index (κ1) is 12.9. The average Bonchev–Trinajstić information content (AvgIpc) is 2.83. The Kier molecular flexibility index (Phi) is 3.71. The van der Waals surface area contributed by atoms with E-state index in [1.165, 1.54) is 24.0 Å². The number of hydrogen-bond acceptors (Lipinski definition) is 2. The van der Waals surface area contributed by atoms with E-state index >= 15 is 0 Å². The summed E-state index contributed by atoms with van der Waals surface area (Å²) < 4.78 is 3.27. The molecule has 3 nitrogen and oxygen atoms in total. The Morgan fingerprint density at radius 2 is 1.89 bits per heavy atom. The van der Waals surface area contributed by atoms with Crippen molar-refractivity contribution in [1.29, 1.82) is 0 Å². The van der Waals surface area contributed by atoms with Crippen molar-refractivity contribution in [2.24, 2.45) is 0 Å². The standard InChI is InChI=1S/C15H18BrN3/c1-11-15(12-2-4-13(16)5-3-12)10-19(18-11)14-6-8-17-9-7-14/h2-5,10,14,17H,6-9H2,1H3. The first-order chi connectivity index (χ1) is 9.24. The van der Waals surface area contributed by atoms with Gasteiger partial charge >= 0.3 is 0 Å². The number of nitrogens with one attached hydrogen (secondary N) is 1. The summed E-state index contributed by atoms with van der Waals surface area (Å²) >= 11 is 3.48. The van der Waals surface area contributed by atoms with Crippen LogP contribution in [0.4, 0.5) is 0 Å². The van der Waals surface area contributed by atoms with Gasteiger partial charge in [-0.2, -0.15) is 5.10 Å². The molecule has 2 heterocycles. The number of halogens is 1. The summed E-state index contributed by atoms with van der Waals surface area (Å²) in [7, 11) is 0. The van der Waals surface area contributed by atoms with Gasteiger partial charge in [0.05, 0.1) is 11.7 Å². The van der Waals surface area contributed by atoms with Gasteiger partial charge in [0.25, 0.3) is 0 Å². The zero-order valence-electron chi connectivity index (χ0n) is 11.1. The Bertz CT molecular complexity index is 553. The van der Waals surface area contributed by atoms with Crippen LogP contribution >= 0.6 is 15.9 Å². The Labute approximate surface area is 122 Å². The van der Waals surface area contributed by atoms with Gasteiger partial charge < -0.3 is 5.32 Å². The Hall–Kier alpha value is -1.13. The lowest BCUT2D eigenvalue weighted by Gasteiger charge is -2.22. The lowest BCUT2D eigenvalue weighted by Crippen LogP contribution is -2.29. The second kappa shape index (κ2) is 5.47. The van der Waals surface area contributed by atoms with Crippen LogP contribution in [0.1, 0.15) is 24.6 Å². The lowest BCUT2D eigenvalue weighted by atomic mass is 10.1. The van der Waals surface area contributed by atoms with E-state index in [0.29, 0.717) is 6.04 Å². The van der Waals surface area contributed by atoms with Crippen molar-refractivity contribution in [2.75, 3.05) is 13.1 Å². The monoisotopic (exact) mass is 319 g/mol. The van der Waals surface area contributed by atoms with E-state index in [4.69, 9.17) is 5.10 Å². The Morgan fingerprint density at radius 1 is 1.21 bits per heavy atom. The molecule has 3 rings (SSSR count). The van der Waals surface area contributed by atoms with Crippen molar-refractivity contribution >= 4 is 15.9 Å². The third-order valence-corrected chi connectivity index (χ3v) is 4.28. The number of aromatic nitrogens is 2. The summed E-state index contributed by atoms with van der Waals surface area (Å²) in [6, 6.07) is 8.99. The second-order valence-corrected chi connectivity index (χ2v) is 6.01. The minimum absolute atomic E-state index is 0.546. The minimum atomic E-state index is 0.546. The molecule has 0 atom stereocenters. The highest BCUT2D eigenvalue weighted by atomic mass is 79.9. The van der Waals surface area contributed by atoms with Crippen LogP contribution < -0.4 is 5.32 Å². The summed E-state index contributed by atoms with van der Waals surface area (Å²) in [5.41, 5.74) is 3.59. The summed E-state index contributed by atoms with van der Waals surface area (Å²) in [6.07, 6.45) is 4.54. The van der Waals surface area contributed by atoms with Gasteiger partial charge in [0, 0.05) is 16.2 Å². The van der Waals surface area contributed by atoms with Gasteiger partial charge in [0.2, 0.25) is 0 Å². The van der Waals surface area contributed by atoms with Gasteiger partial charge in [0.15, 0.2) is 0 Å². The van der Waals surface area contributed by atoms with Gasteiger partial charge in [-0.05, 0) is 50.6 Å². The van der Waals surface area contributed by atoms with Gasteiger partial charge in [-0.1, -0.05) is 28.1 Å². The molecule has 0 saturated carbocycles. The van der Waals surface area contributed by atoms with Crippen molar-refractivity contribution in [3.8, 4) is 11.1 Å². The molecule has 100 valence electrons. The maximum atomic E-state index is 4.71. The molecule has 19 heavy (non-hydrogen) atoms. The molecule has 1 aliphatic heterocycles. The molecule has 2 aromatic rings. The summed E-state index contributed by atoms with van der Waals surface area (Å²) in [5, 5.41) is 8.11. The predicted octanol–water partition coefficient (Wildman–Crippen LogP) is 3.55. The normalized spacial score (nSPS) is 16.7. The number of hydrogen-bond donors (Lipinski definition) is 1. The maximum absolute atomic E-state index is 4.71. The zero-order chi connectivity index (χ0) is 13.2.